The lowest BCUT2D eigenvalue weighted by atomic mass is 10.00. The smallest absolute Gasteiger partial charge is 0.122 e. The summed E-state index contributed by atoms with van der Waals surface area (Å²) in [6, 6.07) is 9.80. The molecule has 1 aromatic carbocycles. The van der Waals surface area contributed by atoms with Crippen molar-refractivity contribution in [2.45, 2.75) is 46.0 Å². The molecule has 0 aliphatic rings. The van der Waals surface area contributed by atoms with Gasteiger partial charge in [0.1, 0.15) is 5.75 Å². The number of methoxy groups -OCH3 is 1. The molecule has 0 heterocycles. The van der Waals surface area contributed by atoms with Crippen molar-refractivity contribution in [2.24, 2.45) is 11.8 Å². The van der Waals surface area contributed by atoms with Gasteiger partial charge in [-0.25, -0.2) is 0 Å². The van der Waals surface area contributed by atoms with Gasteiger partial charge in [-0.2, -0.15) is 0 Å². The van der Waals surface area contributed by atoms with Gasteiger partial charge in [0, 0.05) is 8.07 Å². The molecular weight excluding hydrogens is 274 g/mol. The fourth-order valence-corrected chi connectivity index (χ4v) is 4.86. The summed E-state index contributed by atoms with van der Waals surface area (Å²) in [6.07, 6.45) is 1.11. The minimum atomic E-state index is -1.06. The fraction of sp³-hybridized carbons (Fsp3) is 0.667. The van der Waals surface area contributed by atoms with E-state index >= 15 is 0 Å². The van der Waals surface area contributed by atoms with Gasteiger partial charge in [0.25, 0.3) is 0 Å². The van der Waals surface area contributed by atoms with Crippen molar-refractivity contribution in [1.29, 1.82) is 0 Å². The normalized spacial score (nSPS) is 13.5. The molecule has 0 aliphatic heterocycles. The van der Waals surface area contributed by atoms with Crippen LogP contribution in [0.3, 0.4) is 0 Å². The molecule has 120 valence electrons. The summed E-state index contributed by atoms with van der Waals surface area (Å²) in [5.41, 5.74) is 1.34. The van der Waals surface area contributed by atoms with Crippen molar-refractivity contribution in [3.05, 3.63) is 29.8 Å². The maximum Gasteiger partial charge on any atom is 0.122 e. The van der Waals surface area contributed by atoms with E-state index in [1.807, 2.05) is 6.07 Å². The van der Waals surface area contributed by atoms with Gasteiger partial charge in [-0.05, 0) is 43.0 Å². The lowest BCUT2D eigenvalue weighted by molar-refractivity contribution is 0.402. The molecule has 2 nitrogen and oxygen atoms in total. The molecule has 0 fully saturated rings. The van der Waals surface area contributed by atoms with Crippen molar-refractivity contribution >= 4 is 8.07 Å². The van der Waals surface area contributed by atoms with Crippen LogP contribution in [-0.2, 0) is 6.42 Å². The summed E-state index contributed by atoms with van der Waals surface area (Å²) in [7, 11) is 0.707. The number of hydrogen-bond donors (Lipinski definition) is 1. The second kappa shape index (κ2) is 8.59. The first-order valence-electron chi connectivity index (χ1n) is 8.14. The molecule has 3 heteroatoms. The molecule has 0 aliphatic carbocycles. The van der Waals surface area contributed by atoms with Crippen molar-refractivity contribution in [3.63, 3.8) is 0 Å². The Balaban J connectivity index is 2.71. The van der Waals surface area contributed by atoms with Gasteiger partial charge < -0.3 is 10.1 Å². The lowest BCUT2D eigenvalue weighted by Gasteiger charge is -2.26. The van der Waals surface area contributed by atoms with E-state index < -0.39 is 8.07 Å². The Hall–Kier alpha value is -0.803. The highest BCUT2D eigenvalue weighted by Crippen LogP contribution is 2.25. The van der Waals surface area contributed by atoms with Crippen LogP contribution in [0.2, 0.25) is 25.7 Å². The summed E-state index contributed by atoms with van der Waals surface area (Å²) in [4.78, 5) is 0. The molecular formula is C18H33NOSi. The third kappa shape index (κ3) is 7.68. The molecule has 0 radical (unpaired) electrons. The van der Waals surface area contributed by atoms with Crippen molar-refractivity contribution in [3.8, 4) is 5.75 Å². The molecule has 0 saturated heterocycles. The SMILES string of the molecule is COc1ccccc1CC(CNCC(C)C)C[Si](C)(C)C. The van der Waals surface area contributed by atoms with Crippen molar-refractivity contribution in [1.82, 2.24) is 5.32 Å². The summed E-state index contributed by atoms with van der Waals surface area (Å²) < 4.78 is 5.51. The van der Waals surface area contributed by atoms with Gasteiger partial charge >= 0.3 is 0 Å². The molecule has 0 saturated carbocycles. The zero-order valence-corrected chi connectivity index (χ0v) is 15.7. The summed E-state index contributed by atoms with van der Waals surface area (Å²) >= 11 is 0. The lowest BCUT2D eigenvalue weighted by Crippen LogP contribution is -2.33. The Kier molecular flexibility index (Phi) is 7.47. The van der Waals surface area contributed by atoms with Crippen LogP contribution < -0.4 is 10.1 Å². The van der Waals surface area contributed by atoms with Crippen LogP contribution >= 0.6 is 0 Å². The van der Waals surface area contributed by atoms with E-state index in [1.54, 1.807) is 7.11 Å². The molecule has 1 aromatic rings. The maximum absolute atomic E-state index is 5.51. The Labute approximate surface area is 132 Å². The zero-order valence-electron chi connectivity index (χ0n) is 14.7. The van der Waals surface area contributed by atoms with Crippen LogP contribution in [0.15, 0.2) is 24.3 Å². The Bertz CT molecular complexity index is 412. The average Bonchev–Trinajstić information content (AvgIpc) is 2.37. The third-order valence-electron chi connectivity index (χ3n) is 3.59. The van der Waals surface area contributed by atoms with E-state index in [0.29, 0.717) is 11.8 Å². The van der Waals surface area contributed by atoms with E-state index in [9.17, 15) is 0 Å². The first-order valence-corrected chi connectivity index (χ1v) is 11.8. The van der Waals surface area contributed by atoms with Gasteiger partial charge in [-0.15, -0.1) is 0 Å². The van der Waals surface area contributed by atoms with E-state index in [0.717, 1.165) is 25.3 Å². The first kappa shape index (κ1) is 18.2. The van der Waals surface area contributed by atoms with Gasteiger partial charge in [0.2, 0.25) is 0 Å². The second-order valence-electron chi connectivity index (χ2n) is 7.70. The predicted molar refractivity (Wildman–Crippen MR) is 96.0 cm³/mol. The molecule has 0 amide bonds. The standard InChI is InChI=1S/C18H33NOSi/c1-15(2)12-19-13-16(14-21(4,5)6)11-17-9-7-8-10-18(17)20-3/h7-10,15-16,19H,11-14H2,1-6H3. The van der Waals surface area contributed by atoms with Crippen molar-refractivity contribution in [2.75, 3.05) is 20.2 Å². The predicted octanol–water partition coefficient (Wildman–Crippen LogP) is 4.44. The molecule has 1 rings (SSSR count). The fourth-order valence-electron chi connectivity index (χ4n) is 2.84. The summed E-state index contributed by atoms with van der Waals surface area (Å²) in [6.45, 7) is 14.1. The maximum atomic E-state index is 5.51. The Morgan fingerprint density at radius 1 is 1.10 bits per heavy atom. The van der Waals surface area contributed by atoms with Crippen molar-refractivity contribution < 1.29 is 4.74 Å². The largest absolute Gasteiger partial charge is 0.496 e. The van der Waals surface area contributed by atoms with Gasteiger partial charge in [-0.3, -0.25) is 0 Å². The zero-order chi connectivity index (χ0) is 15.9. The number of benzene rings is 1. The topological polar surface area (TPSA) is 21.3 Å². The monoisotopic (exact) mass is 307 g/mol. The Morgan fingerprint density at radius 2 is 1.76 bits per heavy atom. The number of nitrogens with one attached hydrogen (secondary N) is 1. The molecule has 1 atom stereocenters. The summed E-state index contributed by atoms with van der Waals surface area (Å²) in [5, 5.41) is 3.65. The molecule has 1 N–H and O–H groups in total. The number of hydrogen-bond acceptors (Lipinski definition) is 2. The third-order valence-corrected chi connectivity index (χ3v) is 5.39. The minimum absolute atomic E-state index is 0.701. The van der Waals surface area contributed by atoms with Crippen LogP contribution in [0.4, 0.5) is 0 Å². The van der Waals surface area contributed by atoms with E-state index in [2.05, 4.69) is 57.0 Å². The quantitative estimate of drug-likeness (QED) is 0.681. The van der Waals surface area contributed by atoms with Gasteiger partial charge in [0.15, 0.2) is 0 Å². The van der Waals surface area contributed by atoms with E-state index in [-0.39, 0.29) is 0 Å². The average molecular weight is 308 g/mol. The van der Waals surface area contributed by atoms with E-state index in [1.165, 1.54) is 11.6 Å². The highest BCUT2D eigenvalue weighted by molar-refractivity contribution is 6.76. The summed E-state index contributed by atoms with van der Waals surface area (Å²) in [5.74, 6) is 2.44. The first-order chi connectivity index (χ1) is 9.81. The van der Waals surface area contributed by atoms with Crippen LogP contribution in [0.25, 0.3) is 0 Å². The number of para-hydroxylation sites is 1. The van der Waals surface area contributed by atoms with E-state index in [4.69, 9.17) is 4.74 Å². The molecule has 0 aromatic heterocycles. The van der Waals surface area contributed by atoms with Crippen LogP contribution in [-0.4, -0.2) is 28.3 Å². The van der Waals surface area contributed by atoms with Crippen LogP contribution in [0.5, 0.6) is 5.75 Å². The molecule has 0 bridgehead atoms. The van der Waals surface area contributed by atoms with Crippen LogP contribution in [0, 0.1) is 11.8 Å². The minimum Gasteiger partial charge on any atom is -0.496 e. The second-order valence-corrected chi connectivity index (χ2v) is 13.2. The van der Waals surface area contributed by atoms with Gasteiger partial charge in [-0.1, -0.05) is 57.7 Å². The van der Waals surface area contributed by atoms with Crippen LogP contribution in [0.1, 0.15) is 19.4 Å². The highest BCUT2D eigenvalue weighted by Gasteiger charge is 2.21. The van der Waals surface area contributed by atoms with Gasteiger partial charge in [0.05, 0.1) is 7.11 Å². The number of rotatable bonds is 9. The molecule has 21 heavy (non-hydrogen) atoms. The highest BCUT2D eigenvalue weighted by atomic mass is 28.3. The molecule has 1 unspecified atom stereocenters. The molecule has 0 spiro atoms. The Morgan fingerprint density at radius 3 is 2.33 bits per heavy atom. The number of ether oxygens (including phenoxy) is 1.